The zero-order valence-corrected chi connectivity index (χ0v) is 29.8. The maximum Gasteiger partial charge on any atom is 0.0553 e. The van der Waals surface area contributed by atoms with Gasteiger partial charge >= 0.3 is 0 Å². The Kier molecular flexibility index (Phi) is 5.69. The number of benzene rings is 10. The molecule has 1 heteroatoms. The smallest absolute Gasteiger partial charge is 0.0553 e. The molecule has 0 saturated carbocycles. The van der Waals surface area contributed by atoms with E-state index >= 15 is 0 Å². The summed E-state index contributed by atoms with van der Waals surface area (Å²) < 4.78 is 2.47. The van der Waals surface area contributed by atoms with Gasteiger partial charge in [-0.2, -0.15) is 0 Å². The van der Waals surface area contributed by atoms with Crippen LogP contribution in [0, 0.1) is 0 Å². The Hall–Kier alpha value is -7.22. The van der Waals surface area contributed by atoms with Gasteiger partial charge in [0.25, 0.3) is 0 Å². The minimum absolute atomic E-state index is 1.17. The summed E-state index contributed by atoms with van der Waals surface area (Å²) in [6.45, 7) is 0. The Balaban J connectivity index is 1.37. The second kappa shape index (κ2) is 10.7. The van der Waals surface area contributed by atoms with E-state index in [0.29, 0.717) is 0 Å². The molecule has 0 atom stereocenters. The number of hydrogen-bond donors (Lipinski definition) is 0. The zero-order chi connectivity index (χ0) is 35.8. The summed E-state index contributed by atoms with van der Waals surface area (Å²) in [5, 5.41) is 21.1. The van der Waals surface area contributed by atoms with Crippen LogP contribution in [-0.4, -0.2) is 4.57 Å². The SMILES string of the molecule is c1ccc(-c2c3cc4c5ccccc5c5cccc(c3c(-c3ccccc3)c3c6cccc7c6c(cc6c7c7ccccc7n6-c6ccccc6)c23)c54)cc1. The Morgan fingerprint density at radius 2 is 0.727 bits per heavy atom. The van der Waals surface area contributed by atoms with E-state index < -0.39 is 0 Å². The quantitative estimate of drug-likeness (QED) is 0.162. The first-order chi connectivity index (χ1) is 27.3. The molecule has 0 amide bonds. The first-order valence-corrected chi connectivity index (χ1v) is 19.2. The first-order valence-electron chi connectivity index (χ1n) is 19.2. The molecule has 13 aromatic rings. The lowest BCUT2D eigenvalue weighted by Gasteiger charge is -2.19. The number of fused-ring (bicyclic) bond motifs is 12. The number of para-hydroxylation sites is 2. The van der Waals surface area contributed by atoms with Crippen molar-refractivity contribution >= 4 is 97.2 Å². The van der Waals surface area contributed by atoms with Gasteiger partial charge in [0.2, 0.25) is 0 Å². The highest BCUT2D eigenvalue weighted by molar-refractivity contribution is 6.46. The van der Waals surface area contributed by atoms with Crippen molar-refractivity contribution in [1.82, 2.24) is 4.57 Å². The fourth-order valence-corrected chi connectivity index (χ4v) is 10.4. The zero-order valence-electron chi connectivity index (χ0n) is 29.8. The molecule has 55 heavy (non-hydrogen) atoms. The molecule has 0 saturated heterocycles. The number of rotatable bonds is 3. The molecule has 0 spiro atoms. The van der Waals surface area contributed by atoms with E-state index in [0.717, 1.165) is 0 Å². The molecule has 0 fully saturated rings. The van der Waals surface area contributed by atoms with Gasteiger partial charge in [-0.25, -0.2) is 0 Å². The normalized spacial score (nSPS) is 12.4. The largest absolute Gasteiger partial charge is 0.309 e. The van der Waals surface area contributed by atoms with Crippen LogP contribution >= 0.6 is 0 Å². The van der Waals surface area contributed by atoms with Crippen LogP contribution in [0.15, 0.2) is 188 Å². The van der Waals surface area contributed by atoms with Crippen molar-refractivity contribution in [3.63, 3.8) is 0 Å². The van der Waals surface area contributed by atoms with Crippen molar-refractivity contribution in [3.05, 3.63) is 188 Å². The lowest BCUT2D eigenvalue weighted by atomic mass is 9.84. The van der Waals surface area contributed by atoms with Gasteiger partial charge in [-0.3, -0.25) is 0 Å². The summed E-state index contributed by atoms with van der Waals surface area (Å²) in [4.78, 5) is 0. The fraction of sp³-hybridized carbons (Fsp3) is 0. The third-order valence-electron chi connectivity index (χ3n) is 12.4. The summed E-state index contributed by atoms with van der Waals surface area (Å²) >= 11 is 0. The highest BCUT2D eigenvalue weighted by atomic mass is 15.0. The van der Waals surface area contributed by atoms with E-state index in [1.807, 2.05) is 0 Å². The topological polar surface area (TPSA) is 4.93 Å². The molecular weight excluding hydrogens is 663 g/mol. The maximum atomic E-state index is 2.53. The minimum atomic E-state index is 1.17. The number of hydrogen-bond acceptors (Lipinski definition) is 0. The molecule has 252 valence electrons. The average Bonchev–Trinajstić information content (AvgIpc) is 3.88. The fourth-order valence-electron chi connectivity index (χ4n) is 10.4. The van der Waals surface area contributed by atoms with E-state index in [-0.39, 0.29) is 0 Å². The standard InChI is InChI=1S/C54H31N/c1-4-16-32(17-5-1)47-43-30-42-36-23-11-10-22-35(36)37-25-14-27-40(49(37)42)52(43)48(33-18-6-2-7-19-33)53-41-28-15-26-39-50(41)44(54(47)53)31-46-51(39)38-24-12-13-29-45(38)55(46)34-20-8-3-9-21-34/h1-31H. The molecule has 0 aliphatic rings. The summed E-state index contributed by atoms with van der Waals surface area (Å²) in [5.74, 6) is 0. The third kappa shape index (κ3) is 3.72. The molecule has 0 bridgehead atoms. The molecule has 0 aliphatic carbocycles. The first kappa shape index (κ1) is 29.3. The van der Waals surface area contributed by atoms with Gasteiger partial charge < -0.3 is 4.57 Å². The molecule has 1 aromatic heterocycles. The highest BCUT2D eigenvalue weighted by Crippen LogP contribution is 2.55. The van der Waals surface area contributed by atoms with Crippen LogP contribution in [0.4, 0.5) is 0 Å². The van der Waals surface area contributed by atoms with E-state index in [2.05, 4.69) is 193 Å². The molecule has 0 radical (unpaired) electrons. The molecule has 12 aromatic carbocycles. The molecule has 0 N–H and O–H groups in total. The van der Waals surface area contributed by atoms with Gasteiger partial charge in [-0.05, 0) is 128 Å². The predicted molar refractivity (Wildman–Crippen MR) is 237 cm³/mol. The second-order valence-corrected chi connectivity index (χ2v) is 15.1. The third-order valence-corrected chi connectivity index (χ3v) is 12.4. The van der Waals surface area contributed by atoms with Crippen LogP contribution in [0.5, 0.6) is 0 Å². The van der Waals surface area contributed by atoms with Gasteiger partial charge in [-0.15, -0.1) is 0 Å². The molecule has 13 rings (SSSR count). The van der Waals surface area contributed by atoms with Gasteiger partial charge in [0.1, 0.15) is 0 Å². The Bertz CT molecular complexity index is 3670. The van der Waals surface area contributed by atoms with Crippen molar-refractivity contribution < 1.29 is 0 Å². The lowest BCUT2D eigenvalue weighted by molar-refractivity contribution is 1.18. The Labute approximate surface area is 316 Å². The van der Waals surface area contributed by atoms with Gasteiger partial charge in [-0.1, -0.05) is 158 Å². The summed E-state index contributed by atoms with van der Waals surface area (Å²) in [7, 11) is 0. The van der Waals surface area contributed by atoms with Crippen molar-refractivity contribution in [1.29, 1.82) is 0 Å². The monoisotopic (exact) mass is 693 g/mol. The number of aromatic nitrogens is 1. The molecular formula is C54H31N. The maximum absolute atomic E-state index is 2.53. The molecule has 1 heterocycles. The van der Waals surface area contributed by atoms with E-state index in [1.54, 1.807) is 0 Å². The Morgan fingerprint density at radius 1 is 0.236 bits per heavy atom. The summed E-state index contributed by atoms with van der Waals surface area (Å²) in [5.41, 5.74) is 8.73. The van der Waals surface area contributed by atoms with Crippen molar-refractivity contribution in [3.8, 4) is 27.9 Å². The van der Waals surface area contributed by atoms with E-state index in [1.165, 1.54) is 125 Å². The van der Waals surface area contributed by atoms with Gasteiger partial charge in [0.15, 0.2) is 0 Å². The van der Waals surface area contributed by atoms with Gasteiger partial charge in [0, 0.05) is 16.5 Å². The highest BCUT2D eigenvalue weighted by Gasteiger charge is 2.28. The lowest BCUT2D eigenvalue weighted by Crippen LogP contribution is -1.93. The van der Waals surface area contributed by atoms with Crippen molar-refractivity contribution in [2.24, 2.45) is 0 Å². The van der Waals surface area contributed by atoms with E-state index in [9.17, 15) is 0 Å². The molecule has 0 unspecified atom stereocenters. The van der Waals surface area contributed by atoms with E-state index in [4.69, 9.17) is 0 Å². The predicted octanol–water partition coefficient (Wildman–Crippen LogP) is 15.1. The van der Waals surface area contributed by atoms with Crippen molar-refractivity contribution in [2.75, 3.05) is 0 Å². The van der Waals surface area contributed by atoms with Crippen LogP contribution in [-0.2, 0) is 0 Å². The van der Waals surface area contributed by atoms with Crippen LogP contribution in [0.2, 0.25) is 0 Å². The number of nitrogens with zero attached hydrogens (tertiary/aromatic N) is 1. The van der Waals surface area contributed by atoms with Crippen LogP contribution in [0.25, 0.3) is 125 Å². The Morgan fingerprint density at radius 3 is 1.44 bits per heavy atom. The van der Waals surface area contributed by atoms with Crippen molar-refractivity contribution in [2.45, 2.75) is 0 Å². The molecule has 0 aliphatic heterocycles. The average molecular weight is 694 g/mol. The van der Waals surface area contributed by atoms with Gasteiger partial charge in [0.05, 0.1) is 11.0 Å². The van der Waals surface area contributed by atoms with Crippen LogP contribution in [0.1, 0.15) is 0 Å². The summed E-state index contributed by atoms with van der Waals surface area (Å²) in [6, 6.07) is 70.1. The minimum Gasteiger partial charge on any atom is -0.309 e. The van der Waals surface area contributed by atoms with Crippen LogP contribution in [0.3, 0.4) is 0 Å². The summed E-state index contributed by atoms with van der Waals surface area (Å²) in [6.07, 6.45) is 0. The van der Waals surface area contributed by atoms with Crippen LogP contribution < -0.4 is 0 Å². The second-order valence-electron chi connectivity index (χ2n) is 15.1. The molecule has 1 nitrogen and oxygen atoms in total.